The Balaban J connectivity index is 1.43. The fourth-order valence-corrected chi connectivity index (χ4v) is 4.08. The van der Waals surface area contributed by atoms with Gasteiger partial charge in [-0.1, -0.05) is 30.3 Å². The van der Waals surface area contributed by atoms with Gasteiger partial charge >= 0.3 is 6.18 Å². The highest BCUT2D eigenvalue weighted by molar-refractivity contribution is 5.77. The van der Waals surface area contributed by atoms with E-state index in [1.807, 2.05) is 48.8 Å². The van der Waals surface area contributed by atoms with E-state index in [-0.39, 0.29) is 12.1 Å². The molecule has 1 atom stereocenters. The third-order valence-corrected chi connectivity index (χ3v) is 5.81. The topological polar surface area (TPSA) is 109 Å². The molecule has 184 valence electrons. The second-order valence-corrected chi connectivity index (χ2v) is 8.39. The van der Waals surface area contributed by atoms with Crippen LogP contribution in [-0.4, -0.2) is 40.8 Å². The highest BCUT2D eigenvalue weighted by Gasteiger charge is 2.40. The van der Waals surface area contributed by atoms with Crippen molar-refractivity contribution in [1.29, 1.82) is 0 Å². The minimum Gasteiger partial charge on any atom is -0.379 e. The van der Waals surface area contributed by atoms with Crippen LogP contribution in [0.5, 0.6) is 0 Å². The Bertz CT molecular complexity index is 1510. The van der Waals surface area contributed by atoms with Gasteiger partial charge in [0.1, 0.15) is 19.4 Å². The SMILES string of the molecule is Cc1cccc(-c2[nH]c(C[NH2+]Cc3ccccc3C(O)C(F)(F)F)nc2-c2ccc3ncnn3c2)n1. The van der Waals surface area contributed by atoms with Crippen LogP contribution < -0.4 is 5.32 Å². The Morgan fingerprint density at radius 3 is 2.67 bits per heavy atom. The van der Waals surface area contributed by atoms with Gasteiger partial charge in [0, 0.05) is 23.0 Å². The summed E-state index contributed by atoms with van der Waals surface area (Å²) in [6.45, 7) is 2.52. The number of aryl methyl sites for hydroxylation is 1. The molecule has 5 aromatic rings. The summed E-state index contributed by atoms with van der Waals surface area (Å²) >= 11 is 0. The fourth-order valence-electron chi connectivity index (χ4n) is 4.08. The number of aromatic amines is 1. The van der Waals surface area contributed by atoms with Crippen LogP contribution in [0.2, 0.25) is 0 Å². The number of nitrogens with zero attached hydrogens (tertiary/aromatic N) is 5. The lowest BCUT2D eigenvalue weighted by Gasteiger charge is -2.17. The first kappa shape index (κ1) is 23.6. The van der Waals surface area contributed by atoms with Crippen LogP contribution >= 0.6 is 0 Å². The number of nitrogens with two attached hydrogens (primary N) is 1. The van der Waals surface area contributed by atoms with Crippen molar-refractivity contribution in [2.75, 3.05) is 0 Å². The summed E-state index contributed by atoms with van der Waals surface area (Å²) in [6.07, 6.45) is -3.95. The molecule has 0 saturated heterocycles. The van der Waals surface area contributed by atoms with E-state index >= 15 is 0 Å². The van der Waals surface area contributed by atoms with Crippen molar-refractivity contribution in [3.8, 4) is 22.6 Å². The van der Waals surface area contributed by atoms with Gasteiger partial charge in [0.25, 0.3) is 0 Å². The number of aliphatic hydroxyl groups is 1. The molecule has 0 spiro atoms. The van der Waals surface area contributed by atoms with Gasteiger partial charge in [0.05, 0.1) is 17.1 Å². The average Bonchev–Trinajstić information content (AvgIpc) is 3.50. The van der Waals surface area contributed by atoms with Gasteiger partial charge in [-0.3, -0.25) is 4.98 Å². The van der Waals surface area contributed by atoms with Crippen LogP contribution in [0.3, 0.4) is 0 Å². The van der Waals surface area contributed by atoms with Crippen molar-refractivity contribution < 1.29 is 23.6 Å². The molecule has 4 aromatic heterocycles. The van der Waals surface area contributed by atoms with Gasteiger partial charge in [-0.05, 0) is 36.8 Å². The number of pyridine rings is 2. The Hall–Kier alpha value is -4.09. The first-order chi connectivity index (χ1) is 17.3. The van der Waals surface area contributed by atoms with Gasteiger partial charge in [-0.2, -0.15) is 18.3 Å². The number of aliphatic hydroxyl groups excluding tert-OH is 1. The summed E-state index contributed by atoms with van der Waals surface area (Å²) in [5, 5.41) is 15.8. The minimum absolute atomic E-state index is 0.146. The molecule has 0 fully saturated rings. The predicted molar refractivity (Wildman–Crippen MR) is 125 cm³/mol. The zero-order valence-corrected chi connectivity index (χ0v) is 19.2. The maximum Gasteiger partial charge on any atom is 0.418 e. The van der Waals surface area contributed by atoms with Crippen molar-refractivity contribution >= 4 is 5.65 Å². The van der Waals surface area contributed by atoms with Crippen molar-refractivity contribution in [1.82, 2.24) is 29.5 Å². The number of aromatic nitrogens is 6. The zero-order valence-electron chi connectivity index (χ0n) is 19.2. The van der Waals surface area contributed by atoms with Crippen molar-refractivity contribution in [3.63, 3.8) is 0 Å². The van der Waals surface area contributed by atoms with Gasteiger partial charge in [-0.15, -0.1) is 0 Å². The lowest BCUT2D eigenvalue weighted by atomic mass is 10.0. The van der Waals surface area contributed by atoms with Crippen LogP contribution in [0.25, 0.3) is 28.3 Å². The molecule has 0 aliphatic heterocycles. The fraction of sp³-hybridized carbons (Fsp3) is 0.200. The Kier molecular flexibility index (Phi) is 6.25. The number of halogens is 3. The number of alkyl halides is 3. The number of hydrogen-bond donors (Lipinski definition) is 3. The highest BCUT2D eigenvalue weighted by atomic mass is 19.4. The summed E-state index contributed by atoms with van der Waals surface area (Å²) < 4.78 is 40.9. The smallest absolute Gasteiger partial charge is 0.379 e. The molecule has 4 N–H and O–H groups in total. The standard InChI is InChI=1S/C25H22F3N7O/c1-15-5-4-8-19(32-15)23-22(17-9-10-21-30-14-31-35(21)13-17)33-20(34-23)12-29-11-16-6-2-3-7-18(16)24(36)25(26,27)28/h2-10,13-14,24,29,36H,11-12H2,1H3,(H,33,34)/p+1. The summed E-state index contributed by atoms with van der Waals surface area (Å²) in [5.41, 5.74) is 4.77. The molecule has 4 heterocycles. The van der Waals surface area contributed by atoms with E-state index in [2.05, 4.69) is 20.1 Å². The molecule has 1 aromatic carbocycles. The van der Waals surface area contributed by atoms with E-state index in [1.165, 1.54) is 18.5 Å². The molecule has 5 rings (SSSR count). The largest absolute Gasteiger partial charge is 0.418 e. The second-order valence-electron chi connectivity index (χ2n) is 8.39. The molecule has 0 aliphatic rings. The number of imidazole rings is 1. The van der Waals surface area contributed by atoms with Crippen LogP contribution in [0.1, 0.15) is 28.7 Å². The first-order valence-electron chi connectivity index (χ1n) is 11.3. The summed E-state index contributed by atoms with van der Waals surface area (Å²) in [6, 6.07) is 15.5. The van der Waals surface area contributed by atoms with Gasteiger partial charge in [0.15, 0.2) is 17.6 Å². The lowest BCUT2D eigenvalue weighted by molar-refractivity contribution is -0.687. The van der Waals surface area contributed by atoms with E-state index in [4.69, 9.17) is 4.98 Å². The maximum absolute atomic E-state index is 13.1. The van der Waals surface area contributed by atoms with E-state index in [9.17, 15) is 18.3 Å². The third-order valence-electron chi connectivity index (χ3n) is 5.81. The van der Waals surface area contributed by atoms with Crippen molar-refractivity contribution in [3.05, 3.63) is 89.8 Å². The van der Waals surface area contributed by atoms with Crippen molar-refractivity contribution in [2.45, 2.75) is 32.3 Å². The van der Waals surface area contributed by atoms with Crippen LogP contribution in [-0.2, 0) is 13.1 Å². The quantitative estimate of drug-likeness (QED) is 0.322. The molecule has 0 amide bonds. The summed E-state index contributed by atoms with van der Waals surface area (Å²) in [7, 11) is 0. The first-order valence-corrected chi connectivity index (χ1v) is 11.3. The Morgan fingerprint density at radius 1 is 1.03 bits per heavy atom. The van der Waals surface area contributed by atoms with E-state index in [0.29, 0.717) is 29.3 Å². The van der Waals surface area contributed by atoms with Gasteiger partial charge in [0.2, 0.25) is 0 Å². The highest BCUT2D eigenvalue weighted by Crippen LogP contribution is 2.34. The number of benzene rings is 1. The van der Waals surface area contributed by atoms with Gasteiger partial charge < -0.3 is 15.4 Å². The molecule has 0 aliphatic carbocycles. The molecule has 0 saturated carbocycles. The third kappa shape index (κ3) is 4.83. The number of rotatable bonds is 7. The average molecular weight is 495 g/mol. The van der Waals surface area contributed by atoms with Crippen LogP contribution in [0.15, 0.2) is 67.1 Å². The monoisotopic (exact) mass is 494 g/mol. The number of H-pyrrole nitrogens is 1. The zero-order chi connectivity index (χ0) is 25.3. The molecular formula is C25H23F3N7O+. The number of hydrogen-bond acceptors (Lipinski definition) is 5. The Labute approximate surface area is 203 Å². The molecule has 8 nitrogen and oxygen atoms in total. The van der Waals surface area contributed by atoms with Crippen LogP contribution in [0.4, 0.5) is 13.2 Å². The molecule has 11 heteroatoms. The number of fused-ring (bicyclic) bond motifs is 1. The van der Waals surface area contributed by atoms with Gasteiger partial charge in [-0.25, -0.2) is 14.5 Å². The van der Waals surface area contributed by atoms with E-state index in [1.54, 1.807) is 16.6 Å². The van der Waals surface area contributed by atoms with E-state index < -0.39 is 12.3 Å². The summed E-state index contributed by atoms with van der Waals surface area (Å²) in [4.78, 5) is 16.9. The lowest BCUT2D eigenvalue weighted by Crippen LogP contribution is -2.81. The molecule has 36 heavy (non-hydrogen) atoms. The van der Waals surface area contributed by atoms with Crippen molar-refractivity contribution in [2.24, 2.45) is 0 Å². The molecule has 1 unspecified atom stereocenters. The number of nitrogens with one attached hydrogen (secondary N) is 1. The molecule has 0 radical (unpaired) electrons. The molecule has 0 bridgehead atoms. The minimum atomic E-state index is -4.73. The normalized spacial score (nSPS) is 12.8. The van der Waals surface area contributed by atoms with Crippen LogP contribution in [0, 0.1) is 6.92 Å². The predicted octanol–water partition coefficient (Wildman–Crippen LogP) is 3.35. The summed E-state index contributed by atoms with van der Waals surface area (Å²) in [5.74, 6) is 0.635. The molecular weight excluding hydrogens is 471 g/mol. The van der Waals surface area contributed by atoms with E-state index in [0.717, 1.165) is 22.6 Å². The number of quaternary nitrogens is 1. The maximum atomic E-state index is 13.1. The Morgan fingerprint density at radius 2 is 1.86 bits per heavy atom. The second kappa shape index (κ2) is 9.51.